The zero-order chi connectivity index (χ0) is 88.7. The number of Topliss-reactive ketones (excluding diaryl/α,β-unsaturated/α-hetero) is 1. The van der Waals surface area contributed by atoms with Crippen LogP contribution < -0.4 is 33.6 Å². The minimum absolute atomic E-state index is 0. The lowest BCUT2D eigenvalue weighted by atomic mass is 10.1. The summed E-state index contributed by atoms with van der Waals surface area (Å²) in [6, 6.07) is 30.5. The molecule has 3 aliphatic rings. The maximum Gasteiger partial charge on any atom is 0.338 e. The predicted octanol–water partition coefficient (Wildman–Crippen LogP) is 16.1. The molecular formula is C88H105ClF3N25O6. The van der Waals surface area contributed by atoms with E-state index in [2.05, 4.69) is 104 Å². The van der Waals surface area contributed by atoms with Gasteiger partial charge in [0.2, 0.25) is 5.91 Å². The van der Waals surface area contributed by atoms with Gasteiger partial charge in [-0.2, -0.15) is 0 Å². The van der Waals surface area contributed by atoms with Crippen LogP contribution in [0.5, 0.6) is 0 Å². The topological polar surface area (TPSA) is 431 Å². The second-order valence-corrected chi connectivity index (χ2v) is 31.0. The van der Waals surface area contributed by atoms with Gasteiger partial charge in [0.25, 0.3) is 11.1 Å². The van der Waals surface area contributed by atoms with Gasteiger partial charge in [-0.3, -0.25) is 19.2 Å². The van der Waals surface area contributed by atoms with Crippen LogP contribution >= 0.6 is 11.6 Å². The molecule has 3 aliphatic carbocycles. The first kappa shape index (κ1) is 93.4. The van der Waals surface area contributed by atoms with E-state index in [1.807, 2.05) is 121 Å². The molecule has 10 heterocycles. The summed E-state index contributed by atoms with van der Waals surface area (Å²) in [7, 11) is 0. The van der Waals surface area contributed by atoms with Crippen molar-refractivity contribution < 1.29 is 42.3 Å². The van der Waals surface area contributed by atoms with Crippen LogP contribution in [0.1, 0.15) is 237 Å². The van der Waals surface area contributed by atoms with Crippen LogP contribution in [0, 0.1) is 59.0 Å². The number of carbonyl (C=O) groups is 5. The monoisotopic (exact) mass is 1700 g/mol. The van der Waals surface area contributed by atoms with E-state index in [-0.39, 0.29) is 54.4 Å². The van der Waals surface area contributed by atoms with Crippen molar-refractivity contribution in [2.24, 2.45) is 5.73 Å². The molecule has 0 aliphatic heterocycles. The molecule has 0 spiro atoms. The molecule has 35 heteroatoms. The fourth-order valence-corrected chi connectivity index (χ4v) is 13.2. The smallest absolute Gasteiger partial charge is 0.338 e. The van der Waals surface area contributed by atoms with E-state index in [1.54, 1.807) is 92.0 Å². The van der Waals surface area contributed by atoms with Gasteiger partial charge in [0.05, 0.1) is 76.4 Å². The molecule has 16 rings (SSSR count). The molecule has 3 fully saturated rings. The summed E-state index contributed by atoms with van der Waals surface area (Å²) in [5, 5.41) is 38.4. The van der Waals surface area contributed by atoms with Gasteiger partial charge in [-0.1, -0.05) is 31.7 Å². The van der Waals surface area contributed by atoms with Crippen molar-refractivity contribution in [3.63, 3.8) is 0 Å². The summed E-state index contributed by atoms with van der Waals surface area (Å²) in [5.41, 5.74) is 31.0. The summed E-state index contributed by atoms with van der Waals surface area (Å²) in [5.74, 6) is 4.01. The van der Waals surface area contributed by atoms with E-state index in [4.69, 9.17) is 39.6 Å². The maximum absolute atomic E-state index is 14.8. The number of anilines is 4. The number of pyridine rings is 4. The van der Waals surface area contributed by atoms with E-state index in [0.717, 1.165) is 100 Å². The van der Waals surface area contributed by atoms with Crippen LogP contribution in [0.3, 0.4) is 0 Å². The van der Waals surface area contributed by atoms with Crippen molar-refractivity contribution in [2.75, 3.05) is 29.1 Å². The van der Waals surface area contributed by atoms with Gasteiger partial charge in [0, 0.05) is 67.4 Å². The number of rotatable bonds is 19. The summed E-state index contributed by atoms with van der Waals surface area (Å²) in [4.78, 5) is 86.2. The number of carboxylic acids is 1. The van der Waals surface area contributed by atoms with Crippen molar-refractivity contribution in [3.8, 4) is 51.6 Å². The van der Waals surface area contributed by atoms with Gasteiger partial charge < -0.3 is 66.1 Å². The summed E-state index contributed by atoms with van der Waals surface area (Å²) < 4.78 is 53.4. The average Bonchev–Trinajstić information content (AvgIpc) is 1.73. The number of carbonyl (C=O) groups excluding carboxylic acids is 4. The molecule has 0 atom stereocenters. The number of hydrogen-bond donors (Lipinski definition) is 7. The lowest BCUT2D eigenvalue weighted by molar-refractivity contribution is -0.119. The van der Waals surface area contributed by atoms with E-state index >= 15 is 0 Å². The Labute approximate surface area is 716 Å². The number of aromatic carboxylic acids is 1. The number of amides is 2. The molecule has 31 nitrogen and oxygen atoms in total. The van der Waals surface area contributed by atoms with Gasteiger partial charge in [-0.05, 0) is 249 Å². The molecule has 0 bridgehead atoms. The highest BCUT2D eigenvalue weighted by Gasteiger charge is 2.30. The zero-order valence-electron chi connectivity index (χ0n) is 70.7. The van der Waals surface area contributed by atoms with Gasteiger partial charge in [-0.15, -0.1) is 30.6 Å². The third-order valence-corrected chi connectivity index (χ3v) is 19.5. The highest BCUT2D eigenvalue weighted by Crippen LogP contribution is 2.42. The van der Waals surface area contributed by atoms with Crippen LogP contribution in [-0.2, 0) is 4.79 Å². The fraction of sp³-hybridized carbons (Fsp3) is 0.341. The molecule has 3 aromatic carbocycles. The van der Waals surface area contributed by atoms with Crippen molar-refractivity contribution in [3.05, 3.63) is 238 Å². The predicted molar refractivity (Wildman–Crippen MR) is 467 cm³/mol. The molecule has 2 amide bonds. The van der Waals surface area contributed by atoms with E-state index in [0.29, 0.717) is 87.3 Å². The van der Waals surface area contributed by atoms with Crippen LogP contribution in [0.2, 0.25) is 0 Å². The fourth-order valence-electron chi connectivity index (χ4n) is 13.1. The molecule has 3 saturated carbocycles. The van der Waals surface area contributed by atoms with E-state index < -0.39 is 34.6 Å². The molecule has 10 aromatic heterocycles. The number of nitrogens with two attached hydrogens (primary N) is 4. The number of hydrogen-bond acceptors (Lipinski definition) is 22. The summed E-state index contributed by atoms with van der Waals surface area (Å²) in [6.45, 7) is 28.9. The van der Waals surface area contributed by atoms with Crippen molar-refractivity contribution in [2.45, 2.75) is 192 Å². The molecule has 123 heavy (non-hydrogen) atoms. The quantitative estimate of drug-likeness (QED) is 0.0292. The Hall–Kier alpha value is -13.5. The number of nitrogens with one attached hydrogen (secondary N) is 2. The number of benzene rings is 3. The SMILES string of the molecule is C.CC(=O)NC(C)C.Cc1cc(F)c(C(=O)Cl)cc1-n1cnc(C2CC2)c1.Cc1cc(F)c(C(=O)Nc2cccc(-c3nnc(C)n3C(C)C)n2)cc1-n1cnc(C2CC2)c1.Cc1cc(F)c(C(=O)O)cc1-n1cnc(C2CC2)c1.Cc1nnc(-c2cccc(N)n2)n1C(C)C.Cc1nnc(-c2cccc(N)n2)n1C(C)C.NCC(=O)c1cccc(N)n1. The summed E-state index contributed by atoms with van der Waals surface area (Å²) >= 11 is 5.38. The molecule has 13 aromatic rings. The Morgan fingerprint density at radius 1 is 0.480 bits per heavy atom. The molecule has 0 radical (unpaired) electrons. The van der Waals surface area contributed by atoms with Crippen molar-refractivity contribution >= 4 is 63.7 Å². The first-order valence-electron chi connectivity index (χ1n) is 39.7. The van der Waals surface area contributed by atoms with Gasteiger partial charge in [-0.25, -0.2) is 52.9 Å². The first-order valence-corrected chi connectivity index (χ1v) is 40.0. The van der Waals surface area contributed by atoms with Crippen molar-refractivity contribution in [1.82, 2.24) is 98.2 Å². The Kier molecular flexibility index (Phi) is 31.6. The van der Waals surface area contributed by atoms with Crippen LogP contribution in [0.15, 0.2) is 147 Å². The summed E-state index contributed by atoms with van der Waals surface area (Å²) in [6.07, 6.45) is 17.8. The maximum atomic E-state index is 14.8. The highest BCUT2D eigenvalue weighted by molar-refractivity contribution is 6.67. The average molecular weight is 1700 g/mol. The van der Waals surface area contributed by atoms with Gasteiger partial charge >= 0.3 is 5.97 Å². The Balaban J connectivity index is 0.000000170. The van der Waals surface area contributed by atoms with Crippen LogP contribution in [-0.4, -0.2) is 139 Å². The third-order valence-electron chi connectivity index (χ3n) is 19.3. The number of carboxylic acid groups (broad SMARTS) is 1. The number of nitrogen functional groups attached to an aromatic ring is 3. The molecular weight excluding hydrogens is 1600 g/mol. The number of nitrogens with zero attached hydrogens (tertiary/aromatic N) is 19. The molecule has 0 unspecified atom stereocenters. The van der Waals surface area contributed by atoms with Gasteiger partial charge in [0.15, 0.2) is 23.3 Å². The van der Waals surface area contributed by atoms with E-state index in [9.17, 15) is 37.1 Å². The van der Waals surface area contributed by atoms with Gasteiger partial charge in [0.1, 0.15) is 81.0 Å². The number of halogens is 4. The molecule has 646 valence electrons. The number of ketones is 1. The Morgan fingerprint density at radius 3 is 1.15 bits per heavy atom. The van der Waals surface area contributed by atoms with Crippen LogP contribution in [0.4, 0.5) is 36.4 Å². The van der Waals surface area contributed by atoms with E-state index in [1.165, 1.54) is 50.1 Å². The largest absolute Gasteiger partial charge is 0.478 e. The second kappa shape index (κ2) is 41.7. The Bertz CT molecular complexity index is 5680. The van der Waals surface area contributed by atoms with Crippen molar-refractivity contribution in [1.29, 1.82) is 0 Å². The lowest BCUT2D eigenvalue weighted by Gasteiger charge is -2.13. The first-order chi connectivity index (χ1) is 58.0. The number of imidazole rings is 3. The highest BCUT2D eigenvalue weighted by atomic mass is 35.5. The third kappa shape index (κ3) is 24.6. The van der Waals surface area contributed by atoms with Crippen LogP contribution in [0.25, 0.3) is 51.6 Å². The number of aromatic nitrogens is 19. The second-order valence-electron chi connectivity index (χ2n) is 30.7. The normalized spacial score (nSPS) is 12.5. The molecule has 0 saturated heterocycles. The minimum Gasteiger partial charge on any atom is -0.478 e. The lowest BCUT2D eigenvalue weighted by Crippen LogP contribution is -2.27. The standard InChI is InChI=1S/C25H26FN7O.C14H12ClFN2O.C14H13FN2O2.2C11H15N5.C7H9N3O.C5H11NO.CH4/c1-14(2)33-16(4)30-31-24(33)20-6-5-7-23(28-20)29-25(34)18-11-22(15(3)10-19(18)26)32-12-21(27-13-32)17-8-9-17;1-8-4-11(16)10(14(15)19)5-13(8)18-6-12(17-7-18)9-2-3-9;1-8-4-11(15)10(14(18)19)5-13(8)17-6-12(16-7-17)9-2-3-9;2*1-7(2)16-8(3)14-15-11(16)9-5-4-6-10(12)13-9;8-4-6(11)5-2-1-3-7(9)10-5;1-4(2)6-5(3)7;/h5-7,10-14,17H,8-9H2,1-4H3,(H,28,29,34);4-7,9H,2-3H2,1H3;4-7,9H,2-3H2,1H3,(H,18,19);2*4-7H,1-3H3,(H2,12,13);1-3H,4,8H2,(H2,9,10);4H,1-3H3,(H,6,7);1H4. The Morgan fingerprint density at radius 2 is 0.821 bits per heavy atom. The minimum atomic E-state index is -1.26. The molecule has 11 N–H and O–H groups in total. The zero-order valence-corrected chi connectivity index (χ0v) is 71.4. The number of aryl methyl sites for hydroxylation is 6.